The first-order valence-electron chi connectivity index (χ1n) is 10.1. The van der Waals surface area contributed by atoms with Gasteiger partial charge < -0.3 is 9.64 Å². The van der Waals surface area contributed by atoms with Gasteiger partial charge in [0.2, 0.25) is 10.0 Å². The highest BCUT2D eigenvalue weighted by Gasteiger charge is 2.26. The number of nitrogens with zero attached hydrogens (tertiary/aromatic N) is 1. The maximum Gasteiger partial charge on any atom is 0.260 e. The predicted octanol–water partition coefficient (Wildman–Crippen LogP) is 3.64. The maximum atomic E-state index is 12.5. The molecule has 1 aliphatic rings. The number of carbonyl (C=O) groups is 1. The van der Waals surface area contributed by atoms with Crippen LogP contribution in [0.1, 0.15) is 31.7 Å². The standard InChI is InChI=1S/C22H27ClN2O4S/c1-2-3-17-4-8-20(9-5-17)29-16-22(26)25-14-12-19(13-15-25)24-30(27,28)21-10-6-18(23)7-11-21/h4-11,19,24H,2-3,12-16H2,1H3. The van der Waals surface area contributed by atoms with Gasteiger partial charge in [0, 0.05) is 24.2 Å². The van der Waals surface area contributed by atoms with Crippen molar-refractivity contribution in [1.82, 2.24) is 9.62 Å². The topological polar surface area (TPSA) is 75.7 Å². The van der Waals surface area contributed by atoms with E-state index in [-0.39, 0.29) is 23.5 Å². The second kappa shape index (κ2) is 10.3. The molecule has 1 fully saturated rings. The van der Waals surface area contributed by atoms with Crippen molar-refractivity contribution >= 4 is 27.5 Å². The van der Waals surface area contributed by atoms with E-state index in [9.17, 15) is 13.2 Å². The van der Waals surface area contributed by atoms with E-state index in [1.54, 1.807) is 17.0 Å². The summed E-state index contributed by atoms with van der Waals surface area (Å²) in [5, 5.41) is 0.486. The highest BCUT2D eigenvalue weighted by molar-refractivity contribution is 7.89. The number of hydrogen-bond donors (Lipinski definition) is 1. The number of hydrogen-bond acceptors (Lipinski definition) is 4. The van der Waals surface area contributed by atoms with E-state index in [1.807, 2.05) is 24.3 Å². The van der Waals surface area contributed by atoms with Gasteiger partial charge in [0.1, 0.15) is 5.75 Å². The van der Waals surface area contributed by atoms with Gasteiger partial charge in [-0.15, -0.1) is 0 Å². The zero-order chi connectivity index (χ0) is 21.6. The van der Waals surface area contributed by atoms with Crippen LogP contribution < -0.4 is 9.46 Å². The minimum absolute atomic E-state index is 0.0196. The van der Waals surface area contributed by atoms with E-state index in [0.29, 0.717) is 36.7 Å². The Balaban J connectivity index is 1.45. The Hall–Kier alpha value is -2.09. The van der Waals surface area contributed by atoms with Crippen LogP contribution in [0.15, 0.2) is 53.4 Å². The van der Waals surface area contributed by atoms with Crippen LogP contribution in [0.2, 0.25) is 5.02 Å². The fourth-order valence-corrected chi connectivity index (χ4v) is 4.86. The number of ether oxygens (including phenoxy) is 1. The van der Waals surface area contributed by atoms with Crippen molar-refractivity contribution in [2.75, 3.05) is 19.7 Å². The molecule has 2 aromatic carbocycles. The minimum Gasteiger partial charge on any atom is -0.484 e. The van der Waals surface area contributed by atoms with Gasteiger partial charge in [-0.2, -0.15) is 0 Å². The summed E-state index contributed by atoms with van der Waals surface area (Å²) in [5.74, 6) is 0.584. The zero-order valence-corrected chi connectivity index (χ0v) is 18.6. The summed E-state index contributed by atoms with van der Waals surface area (Å²) in [6.45, 7) is 3.10. The molecule has 0 aliphatic carbocycles. The van der Waals surface area contributed by atoms with Crippen molar-refractivity contribution in [2.24, 2.45) is 0 Å². The third-order valence-electron chi connectivity index (χ3n) is 5.12. The lowest BCUT2D eigenvalue weighted by Gasteiger charge is -2.32. The van der Waals surface area contributed by atoms with E-state index in [0.717, 1.165) is 12.8 Å². The molecule has 1 heterocycles. The van der Waals surface area contributed by atoms with E-state index in [2.05, 4.69) is 11.6 Å². The summed E-state index contributed by atoms with van der Waals surface area (Å²) < 4.78 is 33.3. The molecule has 6 nitrogen and oxygen atoms in total. The smallest absolute Gasteiger partial charge is 0.260 e. The normalized spacial score (nSPS) is 15.2. The van der Waals surface area contributed by atoms with Gasteiger partial charge in [-0.3, -0.25) is 4.79 Å². The Morgan fingerprint density at radius 1 is 1.10 bits per heavy atom. The number of nitrogens with one attached hydrogen (secondary N) is 1. The number of amides is 1. The first kappa shape index (κ1) is 22.6. The molecular formula is C22H27ClN2O4S. The first-order valence-corrected chi connectivity index (χ1v) is 12.0. The van der Waals surface area contributed by atoms with Crippen molar-refractivity contribution in [3.63, 3.8) is 0 Å². The van der Waals surface area contributed by atoms with E-state index >= 15 is 0 Å². The Morgan fingerprint density at radius 3 is 2.33 bits per heavy atom. The molecule has 30 heavy (non-hydrogen) atoms. The first-order chi connectivity index (χ1) is 14.4. The maximum absolute atomic E-state index is 12.5. The molecule has 1 N–H and O–H groups in total. The monoisotopic (exact) mass is 450 g/mol. The molecule has 0 radical (unpaired) electrons. The van der Waals surface area contributed by atoms with Gasteiger partial charge in [0.25, 0.3) is 5.91 Å². The van der Waals surface area contributed by atoms with Gasteiger partial charge in [-0.25, -0.2) is 13.1 Å². The molecule has 1 amide bonds. The fraction of sp³-hybridized carbons (Fsp3) is 0.409. The van der Waals surface area contributed by atoms with Gasteiger partial charge in [-0.05, 0) is 61.2 Å². The van der Waals surface area contributed by atoms with Crippen LogP contribution in [0.4, 0.5) is 0 Å². The van der Waals surface area contributed by atoms with Gasteiger partial charge >= 0.3 is 0 Å². The lowest BCUT2D eigenvalue weighted by molar-refractivity contribution is -0.134. The molecular weight excluding hydrogens is 424 g/mol. The van der Waals surface area contributed by atoms with Crippen LogP contribution in [-0.4, -0.2) is 45.0 Å². The van der Waals surface area contributed by atoms with Crippen LogP contribution in [0.3, 0.4) is 0 Å². The molecule has 2 aromatic rings. The summed E-state index contributed by atoms with van der Waals surface area (Å²) in [5.41, 5.74) is 1.25. The van der Waals surface area contributed by atoms with Crippen molar-refractivity contribution in [1.29, 1.82) is 0 Å². The largest absolute Gasteiger partial charge is 0.484 e. The summed E-state index contributed by atoms with van der Waals surface area (Å²) in [7, 11) is -3.61. The average molecular weight is 451 g/mol. The molecule has 0 aromatic heterocycles. The van der Waals surface area contributed by atoms with Crippen molar-refractivity contribution in [3.8, 4) is 5.75 Å². The van der Waals surface area contributed by atoms with Gasteiger partial charge in [0.05, 0.1) is 4.90 Å². The predicted molar refractivity (Wildman–Crippen MR) is 117 cm³/mol. The number of halogens is 1. The fourth-order valence-electron chi connectivity index (χ4n) is 3.43. The summed E-state index contributed by atoms with van der Waals surface area (Å²) in [6.07, 6.45) is 3.23. The number of carbonyl (C=O) groups excluding carboxylic acids is 1. The zero-order valence-electron chi connectivity index (χ0n) is 17.0. The third-order valence-corrected chi connectivity index (χ3v) is 6.91. The quantitative estimate of drug-likeness (QED) is 0.666. The highest BCUT2D eigenvalue weighted by atomic mass is 35.5. The molecule has 0 spiro atoms. The Labute approximate surface area is 183 Å². The highest BCUT2D eigenvalue weighted by Crippen LogP contribution is 2.18. The van der Waals surface area contributed by atoms with Crippen LogP contribution in [0.25, 0.3) is 0 Å². The summed E-state index contributed by atoms with van der Waals surface area (Å²) in [6, 6.07) is 13.7. The number of piperidine rings is 1. The lowest BCUT2D eigenvalue weighted by atomic mass is 10.1. The number of sulfonamides is 1. The van der Waals surface area contributed by atoms with Gasteiger partial charge in [0.15, 0.2) is 6.61 Å². The Bertz CT molecular complexity index is 938. The second-order valence-electron chi connectivity index (χ2n) is 7.41. The molecule has 0 unspecified atom stereocenters. The molecule has 0 saturated carbocycles. The number of aryl methyl sites for hydroxylation is 1. The molecule has 8 heteroatoms. The minimum atomic E-state index is -3.61. The van der Waals surface area contributed by atoms with E-state index < -0.39 is 10.0 Å². The van der Waals surface area contributed by atoms with Gasteiger partial charge in [-0.1, -0.05) is 37.1 Å². The summed E-state index contributed by atoms with van der Waals surface area (Å²) >= 11 is 5.82. The third kappa shape index (κ3) is 6.20. The SMILES string of the molecule is CCCc1ccc(OCC(=O)N2CCC(NS(=O)(=O)c3ccc(Cl)cc3)CC2)cc1. The van der Waals surface area contributed by atoms with Crippen molar-refractivity contribution in [3.05, 3.63) is 59.1 Å². The number of rotatable bonds is 8. The Kier molecular flexibility index (Phi) is 7.75. The van der Waals surface area contributed by atoms with E-state index in [4.69, 9.17) is 16.3 Å². The van der Waals surface area contributed by atoms with Crippen LogP contribution >= 0.6 is 11.6 Å². The van der Waals surface area contributed by atoms with E-state index in [1.165, 1.54) is 17.7 Å². The van der Waals surface area contributed by atoms with Crippen LogP contribution in [-0.2, 0) is 21.2 Å². The van der Waals surface area contributed by atoms with Crippen molar-refractivity contribution < 1.29 is 17.9 Å². The summed E-state index contributed by atoms with van der Waals surface area (Å²) in [4.78, 5) is 14.3. The molecule has 3 rings (SSSR count). The molecule has 1 saturated heterocycles. The van der Waals surface area contributed by atoms with Crippen LogP contribution in [0, 0.1) is 0 Å². The number of benzene rings is 2. The number of likely N-dealkylation sites (tertiary alicyclic amines) is 1. The molecule has 162 valence electrons. The molecule has 1 aliphatic heterocycles. The average Bonchev–Trinajstić information content (AvgIpc) is 2.74. The van der Waals surface area contributed by atoms with Crippen molar-refractivity contribution in [2.45, 2.75) is 43.5 Å². The molecule has 0 bridgehead atoms. The lowest BCUT2D eigenvalue weighted by Crippen LogP contribution is -2.47. The molecule has 0 atom stereocenters. The van der Waals surface area contributed by atoms with Crippen LogP contribution in [0.5, 0.6) is 5.75 Å². The Morgan fingerprint density at radius 2 is 1.73 bits per heavy atom. The second-order valence-corrected chi connectivity index (χ2v) is 9.56.